The Kier molecular flexibility index (Phi) is 30.5. The van der Waals surface area contributed by atoms with E-state index in [-0.39, 0.29) is 5.91 Å². The van der Waals surface area contributed by atoms with Crippen LogP contribution in [0, 0.1) is 0 Å². The first-order valence-corrected chi connectivity index (χ1v) is 20.0. The molecule has 0 radical (unpaired) electrons. The van der Waals surface area contributed by atoms with E-state index in [0.717, 1.165) is 25.9 Å². The average Bonchev–Trinajstić information content (AvgIpc) is 2.98. The molecule has 2 amide bonds. The standard InChI is InChI=1S/C40H80N2O3/c1-7-9-11-13-15-17-19-21-23-25-27-29-31-33-35-42(38(43)37(3)41-39(44)45-40(4,5)6)36-34-32-30-28-26-24-22-20-18-16-14-12-10-8-2/h37H,7-36H2,1-6H3,(H,41,44)/t37-/m0/s1. The molecule has 0 aliphatic rings. The number of unbranched alkanes of at least 4 members (excludes halogenated alkanes) is 26. The molecule has 0 saturated carbocycles. The Hall–Kier alpha value is -1.26. The number of carbonyl (C=O) groups is 2. The highest BCUT2D eigenvalue weighted by Crippen LogP contribution is 2.16. The van der Waals surface area contributed by atoms with E-state index in [2.05, 4.69) is 19.2 Å². The molecule has 0 aromatic rings. The Labute approximate surface area is 282 Å². The summed E-state index contributed by atoms with van der Waals surface area (Å²) in [6.07, 6.45) is 36.8. The minimum absolute atomic E-state index is 0.0187. The molecule has 45 heavy (non-hydrogen) atoms. The van der Waals surface area contributed by atoms with Crippen LogP contribution in [0.2, 0.25) is 0 Å². The van der Waals surface area contributed by atoms with Gasteiger partial charge < -0.3 is 15.0 Å². The molecule has 0 aliphatic carbocycles. The summed E-state index contributed by atoms with van der Waals surface area (Å²) in [5, 5.41) is 2.77. The highest BCUT2D eigenvalue weighted by Gasteiger charge is 2.24. The molecule has 0 aromatic carbocycles. The van der Waals surface area contributed by atoms with Gasteiger partial charge in [-0.3, -0.25) is 4.79 Å². The van der Waals surface area contributed by atoms with Crippen molar-refractivity contribution in [3.8, 4) is 0 Å². The van der Waals surface area contributed by atoms with Crippen molar-refractivity contribution >= 4 is 12.0 Å². The van der Waals surface area contributed by atoms with Crippen LogP contribution >= 0.6 is 0 Å². The molecule has 0 saturated heterocycles. The summed E-state index contributed by atoms with van der Waals surface area (Å²) < 4.78 is 5.39. The molecular weight excluding hydrogens is 556 g/mol. The van der Waals surface area contributed by atoms with Crippen LogP contribution in [0.3, 0.4) is 0 Å². The van der Waals surface area contributed by atoms with Crippen LogP contribution in [-0.2, 0) is 9.53 Å². The highest BCUT2D eigenvalue weighted by molar-refractivity contribution is 5.85. The first-order chi connectivity index (χ1) is 21.7. The van der Waals surface area contributed by atoms with Crippen molar-refractivity contribution < 1.29 is 14.3 Å². The first-order valence-electron chi connectivity index (χ1n) is 20.0. The summed E-state index contributed by atoms with van der Waals surface area (Å²) in [5.74, 6) is 0.0187. The lowest BCUT2D eigenvalue weighted by Crippen LogP contribution is -2.48. The van der Waals surface area contributed by atoms with Gasteiger partial charge >= 0.3 is 6.09 Å². The molecule has 268 valence electrons. The van der Waals surface area contributed by atoms with Gasteiger partial charge in [0.25, 0.3) is 0 Å². The van der Waals surface area contributed by atoms with E-state index < -0.39 is 17.7 Å². The van der Waals surface area contributed by atoms with Crippen LogP contribution in [0.15, 0.2) is 0 Å². The first kappa shape index (κ1) is 43.7. The van der Waals surface area contributed by atoms with E-state index >= 15 is 0 Å². The molecular formula is C40H80N2O3. The van der Waals surface area contributed by atoms with Crippen molar-refractivity contribution in [3.05, 3.63) is 0 Å². The largest absolute Gasteiger partial charge is 0.444 e. The smallest absolute Gasteiger partial charge is 0.408 e. The number of alkyl carbamates (subject to hydrolysis) is 1. The van der Waals surface area contributed by atoms with E-state index in [1.165, 1.54) is 167 Å². The van der Waals surface area contributed by atoms with Gasteiger partial charge in [-0.15, -0.1) is 0 Å². The third-order valence-corrected chi connectivity index (χ3v) is 8.98. The molecule has 5 nitrogen and oxygen atoms in total. The van der Waals surface area contributed by atoms with Crippen molar-refractivity contribution in [2.45, 2.75) is 233 Å². The number of amides is 2. The molecule has 0 unspecified atom stereocenters. The second kappa shape index (κ2) is 31.3. The predicted octanol–water partition coefficient (Wildman–Crippen LogP) is 12.7. The van der Waals surface area contributed by atoms with Gasteiger partial charge in [0.2, 0.25) is 5.91 Å². The fourth-order valence-electron chi connectivity index (χ4n) is 6.15. The summed E-state index contributed by atoms with van der Waals surface area (Å²) in [7, 11) is 0. The second-order valence-electron chi connectivity index (χ2n) is 14.9. The Bertz CT molecular complexity index is 628. The molecule has 0 fully saturated rings. The number of nitrogens with zero attached hydrogens (tertiary/aromatic N) is 1. The van der Waals surface area contributed by atoms with E-state index in [1.807, 2.05) is 25.7 Å². The lowest BCUT2D eigenvalue weighted by molar-refractivity contribution is -0.133. The number of hydrogen-bond donors (Lipinski definition) is 1. The van der Waals surface area contributed by atoms with Crippen LogP contribution in [0.25, 0.3) is 0 Å². The Morgan fingerprint density at radius 2 is 0.778 bits per heavy atom. The molecule has 0 spiro atoms. The van der Waals surface area contributed by atoms with Crippen LogP contribution in [0.1, 0.15) is 221 Å². The van der Waals surface area contributed by atoms with E-state index in [0.29, 0.717) is 0 Å². The molecule has 1 N–H and O–H groups in total. The second-order valence-corrected chi connectivity index (χ2v) is 14.9. The molecule has 0 bridgehead atoms. The average molecular weight is 637 g/mol. The van der Waals surface area contributed by atoms with Gasteiger partial charge in [-0.1, -0.05) is 181 Å². The van der Waals surface area contributed by atoms with Gasteiger partial charge in [-0.25, -0.2) is 4.79 Å². The third kappa shape index (κ3) is 31.1. The maximum Gasteiger partial charge on any atom is 0.408 e. The van der Waals surface area contributed by atoms with Gasteiger partial charge in [-0.05, 0) is 40.5 Å². The van der Waals surface area contributed by atoms with Crippen molar-refractivity contribution in [1.29, 1.82) is 0 Å². The van der Waals surface area contributed by atoms with E-state index in [1.54, 1.807) is 6.92 Å². The Balaban J connectivity index is 4.24. The summed E-state index contributed by atoms with van der Waals surface area (Å²) >= 11 is 0. The lowest BCUT2D eigenvalue weighted by Gasteiger charge is -2.27. The van der Waals surface area contributed by atoms with Crippen molar-refractivity contribution in [3.63, 3.8) is 0 Å². The number of carbonyl (C=O) groups excluding carboxylic acids is 2. The molecule has 0 aromatic heterocycles. The Morgan fingerprint density at radius 1 is 0.511 bits per heavy atom. The lowest BCUT2D eigenvalue weighted by atomic mass is 10.0. The van der Waals surface area contributed by atoms with Crippen LogP contribution in [0.4, 0.5) is 4.79 Å². The van der Waals surface area contributed by atoms with Gasteiger partial charge in [-0.2, -0.15) is 0 Å². The maximum atomic E-state index is 13.3. The monoisotopic (exact) mass is 637 g/mol. The predicted molar refractivity (Wildman–Crippen MR) is 196 cm³/mol. The van der Waals surface area contributed by atoms with Crippen LogP contribution < -0.4 is 5.32 Å². The zero-order chi connectivity index (χ0) is 33.4. The molecule has 0 rings (SSSR count). The number of nitrogens with one attached hydrogen (secondary N) is 1. The van der Waals surface area contributed by atoms with Crippen molar-refractivity contribution in [2.75, 3.05) is 13.1 Å². The van der Waals surface area contributed by atoms with Gasteiger partial charge in [0.15, 0.2) is 0 Å². The molecule has 5 heteroatoms. The minimum atomic E-state index is -0.574. The molecule has 0 aliphatic heterocycles. The fraction of sp³-hybridized carbons (Fsp3) is 0.950. The zero-order valence-corrected chi connectivity index (χ0v) is 31.5. The number of ether oxygens (including phenoxy) is 1. The van der Waals surface area contributed by atoms with E-state index in [9.17, 15) is 9.59 Å². The number of hydrogen-bond acceptors (Lipinski definition) is 3. The Morgan fingerprint density at radius 3 is 1.04 bits per heavy atom. The van der Waals surface area contributed by atoms with Gasteiger partial charge in [0.1, 0.15) is 11.6 Å². The molecule has 1 atom stereocenters. The third-order valence-electron chi connectivity index (χ3n) is 8.98. The number of rotatable bonds is 32. The van der Waals surface area contributed by atoms with Crippen LogP contribution in [0.5, 0.6) is 0 Å². The summed E-state index contributed by atoms with van der Waals surface area (Å²) in [6.45, 7) is 13.5. The maximum absolute atomic E-state index is 13.3. The van der Waals surface area contributed by atoms with Crippen molar-refractivity contribution in [2.24, 2.45) is 0 Å². The molecule has 0 heterocycles. The summed E-state index contributed by atoms with van der Waals surface area (Å²) in [5.41, 5.74) is -0.574. The van der Waals surface area contributed by atoms with Crippen molar-refractivity contribution in [1.82, 2.24) is 10.2 Å². The normalized spacial score (nSPS) is 12.3. The van der Waals surface area contributed by atoms with Crippen LogP contribution in [-0.4, -0.2) is 41.6 Å². The summed E-state index contributed by atoms with van der Waals surface area (Å²) in [4.78, 5) is 27.6. The summed E-state index contributed by atoms with van der Waals surface area (Å²) in [6, 6.07) is -0.571. The topological polar surface area (TPSA) is 58.6 Å². The fourth-order valence-corrected chi connectivity index (χ4v) is 6.15. The van der Waals surface area contributed by atoms with E-state index in [4.69, 9.17) is 4.74 Å². The van der Waals surface area contributed by atoms with Gasteiger partial charge in [0, 0.05) is 13.1 Å². The minimum Gasteiger partial charge on any atom is -0.444 e. The quantitative estimate of drug-likeness (QED) is 0.0747. The highest BCUT2D eigenvalue weighted by atomic mass is 16.6. The zero-order valence-electron chi connectivity index (χ0n) is 31.5. The SMILES string of the molecule is CCCCCCCCCCCCCCCCN(CCCCCCCCCCCCCCCC)C(=O)[C@H](C)NC(=O)OC(C)(C)C. The van der Waals surface area contributed by atoms with Gasteiger partial charge in [0.05, 0.1) is 0 Å².